The average Bonchev–Trinajstić information content (AvgIpc) is 3.30. The fraction of sp³-hybridized carbons (Fsp3) is 0.568. The van der Waals surface area contributed by atoms with Crippen LogP contribution in [0.3, 0.4) is 0 Å². The molecule has 268 valence electrons. The number of carbonyl (C=O) groups excluding carboxylic acids is 4. The summed E-state index contributed by atoms with van der Waals surface area (Å²) in [5.74, 6) is 0.987. The second-order valence-corrected chi connectivity index (χ2v) is 13.1. The van der Waals surface area contributed by atoms with Crippen LogP contribution in [-0.2, 0) is 20.7 Å². The van der Waals surface area contributed by atoms with Crippen molar-refractivity contribution in [3.05, 3.63) is 58.7 Å². The Morgan fingerprint density at radius 1 is 0.878 bits per heavy atom. The van der Waals surface area contributed by atoms with E-state index in [9.17, 15) is 14.4 Å². The number of likely N-dealkylation sites (tertiary alicyclic amines) is 1. The minimum atomic E-state index is -0.199. The number of hydrogen-bond acceptors (Lipinski definition) is 7. The molecule has 2 aromatic rings. The number of anilines is 1. The van der Waals surface area contributed by atoms with E-state index in [1.807, 2.05) is 34.8 Å². The number of piperazine rings is 1. The molecule has 3 saturated heterocycles. The Bertz CT molecular complexity index is 1380. The first-order valence-electron chi connectivity index (χ1n) is 17.4. The maximum atomic E-state index is 12.8. The Kier molecular flexibility index (Phi) is 14.3. The summed E-state index contributed by atoms with van der Waals surface area (Å²) < 4.78 is 10.7. The summed E-state index contributed by atoms with van der Waals surface area (Å²) in [6, 6.07) is 12.6. The average molecular weight is 679 g/mol. The highest BCUT2D eigenvalue weighted by Crippen LogP contribution is 2.25. The van der Waals surface area contributed by atoms with E-state index in [1.54, 1.807) is 12.0 Å². The van der Waals surface area contributed by atoms with E-state index in [0.717, 1.165) is 75.4 Å². The van der Waals surface area contributed by atoms with Crippen molar-refractivity contribution in [2.24, 2.45) is 0 Å². The molecule has 12 nitrogen and oxygen atoms in total. The van der Waals surface area contributed by atoms with Crippen molar-refractivity contribution in [1.82, 2.24) is 24.9 Å². The lowest BCUT2D eigenvalue weighted by Gasteiger charge is -2.40. The molecule has 2 aromatic carbocycles. The third-order valence-electron chi connectivity index (χ3n) is 9.91. The van der Waals surface area contributed by atoms with Crippen LogP contribution in [0, 0.1) is 20.8 Å². The zero-order chi connectivity index (χ0) is 35.3. The molecule has 0 bridgehead atoms. The number of benzene rings is 2. The summed E-state index contributed by atoms with van der Waals surface area (Å²) in [6.07, 6.45) is 4.42. The number of nitrogens with one attached hydrogen (secondary N) is 2. The van der Waals surface area contributed by atoms with Crippen molar-refractivity contribution in [2.75, 3.05) is 78.0 Å². The van der Waals surface area contributed by atoms with E-state index < -0.39 is 0 Å². The van der Waals surface area contributed by atoms with Crippen LogP contribution in [0.25, 0.3) is 0 Å². The van der Waals surface area contributed by atoms with Gasteiger partial charge >= 0.3 is 12.1 Å². The van der Waals surface area contributed by atoms with Crippen molar-refractivity contribution in [3.8, 4) is 5.75 Å². The largest absolute Gasteiger partial charge is 0.496 e. The molecule has 4 aliphatic rings. The quantitative estimate of drug-likeness (QED) is 0.490. The highest BCUT2D eigenvalue weighted by Gasteiger charge is 2.32. The summed E-state index contributed by atoms with van der Waals surface area (Å²) in [5, 5.41) is 5.85. The molecule has 0 atom stereocenters. The lowest BCUT2D eigenvalue weighted by Crippen LogP contribution is -2.55. The Labute approximate surface area is 291 Å². The van der Waals surface area contributed by atoms with Crippen LogP contribution in [0.4, 0.5) is 15.3 Å². The van der Waals surface area contributed by atoms with Gasteiger partial charge in [-0.25, -0.2) is 9.59 Å². The van der Waals surface area contributed by atoms with E-state index in [4.69, 9.17) is 14.3 Å². The molecule has 12 heteroatoms. The highest BCUT2D eigenvalue weighted by atomic mass is 16.5. The number of hydrogen-bond donors (Lipinski definition) is 2. The lowest BCUT2D eigenvalue weighted by molar-refractivity contribution is -0.132. The number of aryl methyl sites for hydroxylation is 3. The molecule has 0 aromatic heterocycles. The Morgan fingerprint density at radius 2 is 1.51 bits per heavy atom. The Hall–Kier alpha value is -4.16. The number of para-hydroxylation sites is 1. The molecule has 0 radical (unpaired) electrons. The number of fused-ring (bicyclic) bond motifs is 1. The van der Waals surface area contributed by atoms with Gasteiger partial charge in [0.05, 0.1) is 13.7 Å². The predicted octanol–water partition coefficient (Wildman–Crippen LogP) is 4.01. The van der Waals surface area contributed by atoms with Crippen molar-refractivity contribution >= 4 is 30.4 Å². The number of urea groups is 2. The number of carbonyl (C=O) groups is 4. The fourth-order valence-corrected chi connectivity index (χ4v) is 7.37. The van der Waals surface area contributed by atoms with Crippen molar-refractivity contribution in [2.45, 2.75) is 65.0 Å². The van der Waals surface area contributed by atoms with Gasteiger partial charge in [0, 0.05) is 76.8 Å². The molecule has 49 heavy (non-hydrogen) atoms. The molecule has 0 unspecified atom stereocenters. The van der Waals surface area contributed by atoms with E-state index in [1.165, 1.54) is 16.7 Å². The summed E-state index contributed by atoms with van der Waals surface area (Å²) in [5.41, 5.74) is 5.76. The monoisotopic (exact) mass is 678 g/mol. The van der Waals surface area contributed by atoms with Gasteiger partial charge in [-0.05, 0) is 75.6 Å². The zero-order valence-electron chi connectivity index (χ0n) is 29.7. The van der Waals surface area contributed by atoms with Crippen molar-refractivity contribution in [1.29, 1.82) is 0 Å². The second-order valence-electron chi connectivity index (χ2n) is 13.1. The van der Waals surface area contributed by atoms with Gasteiger partial charge in [-0.15, -0.1) is 0 Å². The molecule has 6 rings (SSSR count). The topological polar surface area (TPSA) is 124 Å². The van der Waals surface area contributed by atoms with Crippen LogP contribution in [0.2, 0.25) is 0 Å². The van der Waals surface area contributed by atoms with E-state index >= 15 is 0 Å². The van der Waals surface area contributed by atoms with Gasteiger partial charge in [-0.3, -0.25) is 9.69 Å². The van der Waals surface area contributed by atoms with Gasteiger partial charge in [0.2, 0.25) is 5.91 Å². The van der Waals surface area contributed by atoms with Gasteiger partial charge in [0.1, 0.15) is 12.5 Å². The maximum absolute atomic E-state index is 12.8. The van der Waals surface area contributed by atoms with Gasteiger partial charge in [0.25, 0.3) is 0 Å². The summed E-state index contributed by atoms with van der Waals surface area (Å²) >= 11 is 0. The number of methoxy groups -OCH3 is 1. The minimum absolute atomic E-state index is 0.0225. The van der Waals surface area contributed by atoms with Crippen LogP contribution < -0.4 is 15.4 Å². The van der Waals surface area contributed by atoms with Gasteiger partial charge in [-0.1, -0.05) is 35.9 Å². The van der Waals surface area contributed by atoms with E-state index in [0.29, 0.717) is 38.8 Å². The minimum Gasteiger partial charge on any atom is -0.496 e. The van der Waals surface area contributed by atoms with Crippen LogP contribution in [0.1, 0.15) is 47.9 Å². The molecule has 0 aliphatic carbocycles. The first-order chi connectivity index (χ1) is 23.7. The van der Waals surface area contributed by atoms with Crippen LogP contribution in [0.5, 0.6) is 5.75 Å². The Balaban J connectivity index is 0.000000352. The summed E-state index contributed by atoms with van der Waals surface area (Å²) in [7, 11) is 1.71. The maximum Gasteiger partial charge on any atom is 0.322 e. The van der Waals surface area contributed by atoms with Crippen LogP contribution in [0.15, 0.2) is 36.4 Å². The standard InChI is InChI=1S/C26H38N6O4.C10H14O.CH2O/c33-24(30-15-13-29(14-16-30)21-8-17-36-18-9-21)19-27-25(34)31-10-6-22(7-11-31)32-12-5-20-3-1-2-4-23(20)28-26(32)35;1-7-5-8(2)10(11-4)9(3)6-7;1-2/h1-4,21-22H,5-19H2,(H,27,34)(H,28,35);5-6H,1-4H3;1H2. The van der Waals surface area contributed by atoms with Gasteiger partial charge < -0.3 is 39.6 Å². The number of rotatable bonds is 5. The van der Waals surface area contributed by atoms with Crippen molar-refractivity contribution < 1.29 is 28.7 Å². The molecular weight excluding hydrogens is 624 g/mol. The highest BCUT2D eigenvalue weighted by molar-refractivity contribution is 5.91. The predicted molar refractivity (Wildman–Crippen MR) is 190 cm³/mol. The SMILES string of the molecule is C=O.COc1c(C)cc(C)cc1C.O=C(CNC(=O)N1CCC(N2CCc3ccccc3NC2=O)CC1)N1CCN(C2CCOCC2)CC1. The zero-order valence-corrected chi connectivity index (χ0v) is 29.7. The number of piperidine rings is 1. The van der Waals surface area contributed by atoms with Crippen LogP contribution >= 0.6 is 0 Å². The molecule has 5 amide bonds. The van der Waals surface area contributed by atoms with Gasteiger partial charge in [0.15, 0.2) is 0 Å². The normalized spacial score (nSPS) is 18.9. The second kappa shape index (κ2) is 18.6. The first kappa shape index (κ1) is 37.7. The van der Waals surface area contributed by atoms with E-state index in [2.05, 4.69) is 54.5 Å². The van der Waals surface area contributed by atoms with Crippen molar-refractivity contribution in [3.63, 3.8) is 0 Å². The fourth-order valence-electron chi connectivity index (χ4n) is 7.37. The number of nitrogens with zero attached hydrogens (tertiary/aromatic N) is 4. The molecule has 4 aliphatic heterocycles. The third kappa shape index (κ3) is 10.2. The van der Waals surface area contributed by atoms with Crippen LogP contribution in [-0.4, -0.2) is 129 Å². The summed E-state index contributed by atoms with van der Waals surface area (Å²) in [6.45, 7) is 14.9. The molecule has 3 fully saturated rings. The molecule has 0 spiro atoms. The molecule has 2 N–H and O–H groups in total. The smallest absolute Gasteiger partial charge is 0.322 e. The lowest BCUT2D eigenvalue weighted by atomic mass is 10.0. The molecule has 0 saturated carbocycles. The number of amides is 5. The van der Waals surface area contributed by atoms with E-state index in [-0.39, 0.29) is 30.6 Å². The first-order valence-corrected chi connectivity index (χ1v) is 17.4. The molecule has 4 heterocycles. The third-order valence-corrected chi connectivity index (χ3v) is 9.91. The molecular formula is C37H54N6O6. The summed E-state index contributed by atoms with van der Waals surface area (Å²) in [4.78, 5) is 54.2. The Morgan fingerprint density at radius 3 is 2.14 bits per heavy atom. The van der Waals surface area contributed by atoms with Gasteiger partial charge in [-0.2, -0.15) is 0 Å². The number of ether oxygens (including phenoxy) is 2.